The molecule has 0 saturated heterocycles. The van der Waals surface area contributed by atoms with Crippen LogP contribution in [0.3, 0.4) is 0 Å². The first kappa shape index (κ1) is 29.6. The molecule has 53 heavy (non-hydrogen) atoms. The fourth-order valence-corrected chi connectivity index (χ4v) is 8.36. The molecular formula is C50H32N2O. The summed E-state index contributed by atoms with van der Waals surface area (Å²) >= 11 is 0. The summed E-state index contributed by atoms with van der Waals surface area (Å²) in [6.07, 6.45) is 0. The summed E-state index contributed by atoms with van der Waals surface area (Å²) in [7, 11) is 0. The van der Waals surface area contributed by atoms with E-state index in [1.165, 1.54) is 48.9 Å². The Morgan fingerprint density at radius 1 is 0.396 bits per heavy atom. The summed E-state index contributed by atoms with van der Waals surface area (Å²) in [5.74, 6) is 0. The van der Waals surface area contributed by atoms with Gasteiger partial charge in [-0.05, 0) is 76.5 Å². The molecule has 0 atom stereocenters. The highest BCUT2D eigenvalue weighted by molar-refractivity contribution is 6.19. The van der Waals surface area contributed by atoms with Crippen molar-refractivity contribution in [2.75, 3.05) is 4.90 Å². The summed E-state index contributed by atoms with van der Waals surface area (Å²) in [6.45, 7) is 0. The molecule has 11 rings (SSSR count). The van der Waals surface area contributed by atoms with E-state index in [-0.39, 0.29) is 0 Å². The fourth-order valence-electron chi connectivity index (χ4n) is 8.36. The first-order valence-electron chi connectivity index (χ1n) is 18.1. The minimum atomic E-state index is 0.875. The lowest BCUT2D eigenvalue weighted by Crippen LogP contribution is -2.10. The maximum atomic E-state index is 6.37. The molecule has 0 bridgehead atoms. The Morgan fingerprint density at radius 2 is 1.02 bits per heavy atom. The van der Waals surface area contributed by atoms with E-state index in [9.17, 15) is 0 Å². The third kappa shape index (κ3) is 4.61. The van der Waals surface area contributed by atoms with Crippen molar-refractivity contribution >= 4 is 82.4 Å². The van der Waals surface area contributed by atoms with Crippen molar-refractivity contribution in [2.24, 2.45) is 0 Å². The number of hydrogen-bond acceptors (Lipinski definition) is 2. The van der Waals surface area contributed by atoms with E-state index < -0.39 is 0 Å². The third-order valence-electron chi connectivity index (χ3n) is 10.8. The second kappa shape index (κ2) is 11.7. The van der Waals surface area contributed by atoms with Gasteiger partial charge in [-0.3, -0.25) is 0 Å². The number of furan rings is 1. The largest absolute Gasteiger partial charge is 0.456 e. The Bertz CT molecular complexity index is 3160. The Labute approximate surface area is 306 Å². The molecule has 3 nitrogen and oxygen atoms in total. The van der Waals surface area contributed by atoms with Crippen molar-refractivity contribution in [1.82, 2.24) is 4.57 Å². The smallest absolute Gasteiger partial charge is 0.137 e. The molecule has 0 aliphatic carbocycles. The highest BCUT2D eigenvalue weighted by Gasteiger charge is 2.21. The lowest BCUT2D eigenvalue weighted by molar-refractivity contribution is 0.669. The molecule has 0 aliphatic rings. The molecule has 0 amide bonds. The quantitative estimate of drug-likeness (QED) is 0.181. The molecule has 2 heterocycles. The van der Waals surface area contributed by atoms with Crippen molar-refractivity contribution in [2.45, 2.75) is 0 Å². The molecule has 2 aromatic heterocycles. The van der Waals surface area contributed by atoms with Gasteiger partial charge in [-0.25, -0.2) is 0 Å². The summed E-state index contributed by atoms with van der Waals surface area (Å²) in [6, 6.07) is 69.7. The topological polar surface area (TPSA) is 21.3 Å². The summed E-state index contributed by atoms with van der Waals surface area (Å²) in [5, 5.41) is 9.60. The van der Waals surface area contributed by atoms with Gasteiger partial charge >= 0.3 is 0 Å². The van der Waals surface area contributed by atoms with Crippen LogP contribution in [0.15, 0.2) is 199 Å². The second-order valence-electron chi connectivity index (χ2n) is 13.7. The van der Waals surface area contributed by atoms with Crippen molar-refractivity contribution in [3.63, 3.8) is 0 Å². The molecule has 9 aromatic carbocycles. The molecule has 0 N–H and O–H groups in total. The predicted octanol–water partition coefficient (Wildman–Crippen LogP) is 14.1. The summed E-state index contributed by atoms with van der Waals surface area (Å²) in [5.41, 5.74) is 11.0. The number of hydrogen-bond donors (Lipinski definition) is 0. The van der Waals surface area contributed by atoms with Crippen LogP contribution in [0.25, 0.3) is 82.1 Å². The number of para-hydroxylation sites is 2. The van der Waals surface area contributed by atoms with E-state index in [4.69, 9.17) is 4.42 Å². The number of nitrogens with zero attached hydrogens (tertiary/aromatic N) is 2. The minimum Gasteiger partial charge on any atom is -0.456 e. The first-order chi connectivity index (χ1) is 26.3. The zero-order valence-electron chi connectivity index (χ0n) is 28.8. The van der Waals surface area contributed by atoms with Crippen LogP contribution in [0, 0.1) is 0 Å². The van der Waals surface area contributed by atoms with Crippen LogP contribution < -0.4 is 4.90 Å². The van der Waals surface area contributed by atoms with Crippen LogP contribution in [0.1, 0.15) is 0 Å². The van der Waals surface area contributed by atoms with Crippen molar-refractivity contribution in [3.8, 4) is 16.8 Å². The molecule has 0 aliphatic heterocycles. The van der Waals surface area contributed by atoms with Gasteiger partial charge in [0.1, 0.15) is 11.2 Å². The molecule has 0 spiro atoms. The second-order valence-corrected chi connectivity index (χ2v) is 13.7. The van der Waals surface area contributed by atoms with Crippen LogP contribution >= 0.6 is 0 Å². The van der Waals surface area contributed by atoms with Gasteiger partial charge in [-0.15, -0.1) is 0 Å². The fraction of sp³-hybridized carbons (Fsp3) is 0. The maximum Gasteiger partial charge on any atom is 0.137 e. The van der Waals surface area contributed by atoms with Crippen LogP contribution in [-0.2, 0) is 0 Å². The zero-order valence-corrected chi connectivity index (χ0v) is 28.8. The van der Waals surface area contributed by atoms with Gasteiger partial charge in [0.15, 0.2) is 0 Å². The monoisotopic (exact) mass is 676 g/mol. The number of rotatable bonds is 5. The predicted molar refractivity (Wildman–Crippen MR) is 223 cm³/mol. The Kier molecular flexibility index (Phi) is 6.55. The molecule has 0 radical (unpaired) electrons. The van der Waals surface area contributed by atoms with Crippen LogP contribution in [-0.4, -0.2) is 4.57 Å². The van der Waals surface area contributed by atoms with E-state index in [0.29, 0.717) is 0 Å². The number of fused-ring (bicyclic) bond motifs is 9. The molecule has 0 saturated carbocycles. The average Bonchev–Trinajstić information content (AvgIpc) is 3.78. The van der Waals surface area contributed by atoms with Crippen molar-refractivity contribution < 1.29 is 4.42 Å². The van der Waals surface area contributed by atoms with Gasteiger partial charge in [0.2, 0.25) is 0 Å². The van der Waals surface area contributed by atoms with Crippen molar-refractivity contribution in [1.29, 1.82) is 0 Å². The van der Waals surface area contributed by atoms with E-state index >= 15 is 0 Å². The standard InChI is InChI=1S/C50H32N2O/c1-2-15-37(16-3-1)52-46-32-36(27-30-41(46)42-31-26-35-13-5-7-18-40(35)50(42)52)33-24-28-38(29-25-33)51(44-20-10-14-34-12-4-6-17-39(34)44)45-21-11-23-48-49(45)43-19-8-9-22-47(43)53-48/h1-32H. The number of anilines is 3. The molecule has 3 heteroatoms. The Hall–Kier alpha value is -7.10. The van der Waals surface area contributed by atoms with Gasteiger partial charge in [0, 0.05) is 38.3 Å². The van der Waals surface area contributed by atoms with Gasteiger partial charge in [0.05, 0.1) is 27.8 Å². The Morgan fingerprint density at radius 3 is 1.87 bits per heavy atom. The van der Waals surface area contributed by atoms with E-state index in [1.54, 1.807) is 0 Å². The van der Waals surface area contributed by atoms with Gasteiger partial charge < -0.3 is 13.9 Å². The average molecular weight is 677 g/mol. The lowest BCUT2D eigenvalue weighted by atomic mass is 10.0. The minimum absolute atomic E-state index is 0.875. The molecular weight excluding hydrogens is 645 g/mol. The van der Waals surface area contributed by atoms with Crippen LogP contribution in [0.4, 0.5) is 17.1 Å². The number of benzene rings is 9. The SMILES string of the molecule is c1ccc(-n2c3cc(-c4ccc(N(c5cccc6ccccc56)c5cccc6oc7ccccc7c56)cc4)ccc3c3ccc4ccccc4c32)cc1. The molecule has 248 valence electrons. The summed E-state index contributed by atoms with van der Waals surface area (Å²) < 4.78 is 8.81. The van der Waals surface area contributed by atoms with E-state index in [0.717, 1.165) is 50.3 Å². The van der Waals surface area contributed by atoms with Crippen molar-refractivity contribution in [3.05, 3.63) is 194 Å². The molecule has 11 aromatic rings. The number of aromatic nitrogens is 1. The van der Waals surface area contributed by atoms with E-state index in [1.807, 2.05) is 12.1 Å². The first-order valence-corrected chi connectivity index (χ1v) is 18.1. The maximum absolute atomic E-state index is 6.37. The third-order valence-corrected chi connectivity index (χ3v) is 10.8. The Balaban J connectivity index is 1.10. The van der Waals surface area contributed by atoms with Crippen LogP contribution in [0.5, 0.6) is 0 Å². The molecule has 0 fully saturated rings. The van der Waals surface area contributed by atoms with Gasteiger partial charge in [-0.2, -0.15) is 0 Å². The van der Waals surface area contributed by atoms with Gasteiger partial charge in [-0.1, -0.05) is 140 Å². The zero-order chi connectivity index (χ0) is 34.9. The summed E-state index contributed by atoms with van der Waals surface area (Å²) in [4.78, 5) is 2.39. The van der Waals surface area contributed by atoms with Gasteiger partial charge in [0.25, 0.3) is 0 Å². The van der Waals surface area contributed by atoms with Crippen LogP contribution in [0.2, 0.25) is 0 Å². The highest BCUT2D eigenvalue weighted by atomic mass is 16.3. The molecule has 0 unspecified atom stereocenters. The lowest BCUT2D eigenvalue weighted by Gasteiger charge is -2.27. The normalized spacial score (nSPS) is 11.8. The highest BCUT2D eigenvalue weighted by Crippen LogP contribution is 2.45. The van der Waals surface area contributed by atoms with E-state index in [2.05, 4.69) is 191 Å².